The zero-order valence-corrected chi connectivity index (χ0v) is 19.8. The van der Waals surface area contributed by atoms with E-state index in [1.54, 1.807) is 6.92 Å². The van der Waals surface area contributed by atoms with Crippen molar-refractivity contribution in [3.05, 3.63) is 69.8 Å². The van der Waals surface area contributed by atoms with E-state index in [0.29, 0.717) is 24.1 Å². The third-order valence-electron chi connectivity index (χ3n) is 4.97. The molecular formula is C22H24BrN3O5S. The average Bonchev–Trinajstić information content (AvgIpc) is 2.74. The van der Waals surface area contributed by atoms with Gasteiger partial charge in [0.2, 0.25) is 10.0 Å². The highest BCUT2D eigenvalue weighted by Crippen LogP contribution is 2.28. The largest absolute Gasteiger partial charge is 0.463 e. The number of benzene rings is 2. The SMILES string of the molecule is CCOC(=O)C1=C(NC(=O)c2ccc(S(N)(=O)=O)cc2)C(Nc2cccc(Br)c2)CCC1. The molecule has 2 aromatic rings. The predicted molar refractivity (Wildman–Crippen MR) is 124 cm³/mol. The molecule has 170 valence electrons. The van der Waals surface area contributed by atoms with Crippen LogP contribution in [-0.4, -0.2) is 32.9 Å². The second kappa shape index (κ2) is 10.3. The van der Waals surface area contributed by atoms with Gasteiger partial charge < -0.3 is 15.4 Å². The first kappa shape index (κ1) is 24.0. The molecule has 1 unspecified atom stereocenters. The molecule has 0 radical (unpaired) electrons. The molecule has 0 spiro atoms. The molecule has 0 saturated heterocycles. The Labute approximate surface area is 195 Å². The molecule has 10 heteroatoms. The lowest BCUT2D eigenvalue weighted by atomic mass is 9.91. The van der Waals surface area contributed by atoms with Crippen molar-refractivity contribution in [1.82, 2.24) is 5.32 Å². The Kier molecular flexibility index (Phi) is 7.70. The minimum atomic E-state index is -3.86. The molecule has 0 aromatic heterocycles. The second-order valence-corrected chi connectivity index (χ2v) is 9.71. The van der Waals surface area contributed by atoms with Gasteiger partial charge in [-0.15, -0.1) is 0 Å². The first-order valence-corrected chi connectivity index (χ1v) is 12.4. The predicted octanol–water partition coefficient (Wildman–Crippen LogP) is 3.31. The van der Waals surface area contributed by atoms with E-state index in [4.69, 9.17) is 9.88 Å². The Hall–Kier alpha value is -2.69. The number of primary sulfonamides is 1. The van der Waals surface area contributed by atoms with Crippen LogP contribution in [0.5, 0.6) is 0 Å². The van der Waals surface area contributed by atoms with Crippen molar-refractivity contribution in [2.24, 2.45) is 5.14 Å². The zero-order valence-electron chi connectivity index (χ0n) is 17.4. The summed E-state index contributed by atoms with van der Waals surface area (Å²) in [6.45, 7) is 1.95. The maximum Gasteiger partial charge on any atom is 0.335 e. The summed E-state index contributed by atoms with van der Waals surface area (Å²) in [5.41, 5.74) is 1.94. The smallest absolute Gasteiger partial charge is 0.335 e. The average molecular weight is 522 g/mol. The summed E-state index contributed by atoms with van der Waals surface area (Å²) in [7, 11) is -3.86. The summed E-state index contributed by atoms with van der Waals surface area (Å²) in [6.07, 6.45) is 1.94. The number of ether oxygens (including phenoxy) is 1. The van der Waals surface area contributed by atoms with Gasteiger partial charge >= 0.3 is 5.97 Å². The highest BCUT2D eigenvalue weighted by molar-refractivity contribution is 9.10. The summed E-state index contributed by atoms with van der Waals surface area (Å²) in [6, 6.07) is 12.6. The topological polar surface area (TPSA) is 128 Å². The van der Waals surface area contributed by atoms with Gasteiger partial charge in [0.25, 0.3) is 5.91 Å². The number of nitrogens with two attached hydrogens (primary N) is 1. The Morgan fingerprint density at radius 1 is 1.19 bits per heavy atom. The number of carbonyl (C=O) groups excluding carboxylic acids is 2. The fourth-order valence-corrected chi connectivity index (χ4v) is 4.39. The van der Waals surface area contributed by atoms with Crippen molar-refractivity contribution in [3.8, 4) is 0 Å². The molecule has 0 bridgehead atoms. The van der Waals surface area contributed by atoms with Crippen LogP contribution in [0.2, 0.25) is 0 Å². The van der Waals surface area contributed by atoms with Gasteiger partial charge in [0.1, 0.15) is 0 Å². The lowest BCUT2D eigenvalue weighted by molar-refractivity contribution is -0.138. The van der Waals surface area contributed by atoms with E-state index in [-0.39, 0.29) is 23.1 Å². The number of sulfonamides is 1. The number of carbonyl (C=O) groups is 2. The van der Waals surface area contributed by atoms with Crippen LogP contribution < -0.4 is 15.8 Å². The summed E-state index contributed by atoms with van der Waals surface area (Å²) < 4.78 is 29.0. The van der Waals surface area contributed by atoms with Crippen molar-refractivity contribution < 1.29 is 22.7 Å². The van der Waals surface area contributed by atoms with Crippen molar-refractivity contribution in [3.63, 3.8) is 0 Å². The van der Waals surface area contributed by atoms with Crippen LogP contribution in [0.1, 0.15) is 36.5 Å². The van der Waals surface area contributed by atoms with Gasteiger partial charge in [0, 0.05) is 15.7 Å². The molecule has 1 atom stereocenters. The number of esters is 1. The van der Waals surface area contributed by atoms with Crippen LogP contribution in [0.25, 0.3) is 0 Å². The molecular weight excluding hydrogens is 498 g/mol. The molecule has 1 aliphatic carbocycles. The standard InChI is InChI=1S/C22H24BrN3O5S/c1-2-31-22(28)18-7-4-8-19(25-16-6-3-5-15(23)13-16)20(18)26-21(27)14-9-11-17(12-10-14)32(24,29)30/h3,5-6,9-13,19,25H,2,4,7-8H2,1H3,(H,26,27)(H2,24,29,30). The number of rotatable bonds is 7. The van der Waals surface area contributed by atoms with E-state index in [1.165, 1.54) is 24.3 Å². The third kappa shape index (κ3) is 5.96. The van der Waals surface area contributed by atoms with Crippen LogP contribution in [0.15, 0.2) is 69.2 Å². The van der Waals surface area contributed by atoms with Gasteiger partial charge in [-0.2, -0.15) is 0 Å². The van der Waals surface area contributed by atoms with Gasteiger partial charge in [0.15, 0.2) is 0 Å². The number of amides is 1. The zero-order chi connectivity index (χ0) is 23.3. The normalized spacial score (nSPS) is 16.4. The van der Waals surface area contributed by atoms with Crippen molar-refractivity contribution in [2.45, 2.75) is 37.1 Å². The van der Waals surface area contributed by atoms with Crippen molar-refractivity contribution in [2.75, 3.05) is 11.9 Å². The van der Waals surface area contributed by atoms with Crippen LogP contribution in [0.4, 0.5) is 5.69 Å². The Morgan fingerprint density at radius 3 is 2.53 bits per heavy atom. The van der Waals surface area contributed by atoms with Gasteiger partial charge in [-0.3, -0.25) is 4.79 Å². The molecule has 3 rings (SSSR count). The summed E-state index contributed by atoms with van der Waals surface area (Å²) in [5, 5.41) is 11.3. The quantitative estimate of drug-likeness (QED) is 0.479. The summed E-state index contributed by atoms with van der Waals surface area (Å²) in [4.78, 5) is 25.4. The van der Waals surface area contributed by atoms with E-state index in [1.807, 2.05) is 24.3 Å². The van der Waals surface area contributed by atoms with Gasteiger partial charge in [-0.25, -0.2) is 18.4 Å². The minimum absolute atomic E-state index is 0.0904. The van der Waals surface area contributed by atoms with Crippen LogP contribution >= 0.6 is 15.9 Å². The molecule has 0 saturated carbocycles. The van der Waals surface area contributed by atoms with Crippen LogP contribution in [0, 0.1) is 0 Å². The second-order valence-electron chi connectivity index (χ2n) is 7.24. The van der Waals surface area contributed by atoms with E-state index in [0.717, 1.165) is 16.6 Å². The summed E-state index contributed by atoms with van der Waals surface area (Å²) in [5.74, 6) is -0.932. The van der Waals surface area contributed by atoms with E-state index < -0.39 is 21.9 Å². The molecule has 1 aliphatic rings. The van der Waals surface area contributed by atoms with E-state index >= 15 is 0 Å². The molecule has 8 nitrogen and oxygen atoms in total. The third-order valence-corrected chi connectivity index (χ3v) is 6.40. The van der Waals surface area contributed by atoms with Gasteiger partial charge in [-0.05, 0) is 68.7 Å². The maximum atomic E-state index is 12.9. The van der Waals surface area contributed by atoms with Gasteiger partial charge in [-0.1, -0.05) is 22.0 Å². The lowest BCUT2D eigenvalue weighted by Crippen LogP contribution is -2.39. The van der Waals surface area contributed by atoms with Crippen molar-refractivity contribution >= 4 is 43.5 Å². The van der Waals surface area contributed by atoms with Crippen molar-refractivity contribution in [1.29, 1.82) is 0 Å². The number of anilines is 1. The van der Waals surface area contributed by atoms with E-state index in [2.05, 4.69) is 26.6 Å². The molecule has 0 heterocycles. The Morgan fingerprint density at radius 2 is 1.91 bits per heavy atom. The minimum Gasteiger partial charge on any atom is -0.463 e. The molecule has 1 amide bonds. The van der Waals surface area contributed by atoms with E-state index in [9.17, 15) is 18.0 Å². The molecule has 0 aliphatic heterocycles. The molecule has 0 fully saturated rings. The van der Waals surface area contributed by atoms with Crippen LogP contribution in [-0.2, 0) is 19.6 Å². The number of halogens is 1. The van der Waals surface area contributed by atoms with Crippen LogP contribution in [0.3, 0.4) is 0 Å². The highest BCUT2D eigenvalue weighted by Gasteiger charge is 2.29. The number of hydrogen-bond acceptors (Lipinski definition) is 6. The monoisotopic (exact) mass is 521 g/mol. The lowest BCUT2D eigenvalue weighted by Gasteiger charge is -2.30. The first-order chi connectivity index (χ1) is 15.2. The number of nitrogens with one attached hydrogen (secondary N) is 2. The molecule has 4 N–H and O–H groups in total. The molecule has 32 heavy (non-hydrogen) atoms. The fraction of sp³-hybridized carbons (Fsp3) is 0.273. The first-order valence-electron chi connectivity index (χ1n) is 10.1. The fourth-order valence-electron chi connectivity index (χ4n) is 3.48. The number of hydrogen-bond donors (Lipinski definition) is 3. The molecule has 2 aromatic carbocycles. The summed E-state index contributed by atoms with van der Waals surface area (Å²) >= 11 is 3.44. The van der Waals surface area contributed by atoms with Gasteiger partial charge in [0.05, 0.1) is 28.8 Å². The highest BCUT2D eigenvalue weighted by atomic mass is 79.9. The Balaban J connectivity index is 1.91. The maximum absolute atomic E-state index is 12.9. The Bertz CT molecular complexity index is 1150.